The van der Waals surface area contributed by atoms with Crippen LogP contribution in [0.4, 0.5) is 0 Å². The summed E-state index contributed by atoms with van der Waals surface area (Å²) in [5.74, 6) is 0.431. The molecule has 3 atom stereocenters. The Balaban J connectivity index is 2.07. The topological polar surface area (TPSA) is 55.9 Å². The molecule has 2 fully saturated rings. The smallest absolute Gasteiger partial charge is 0.282 e. The number of rotatable bonds is 4. The molecule has 0 spiro atoms. The molecule has 0 radical (unpaired) electrons. The van der Waals surface area contributed by atoms with Crippen molar-refractivity contribution >= 4 is 10.2 Å². The highest BCUT2D eigenvalue weighted by Gasteiger charge is 2.38. The van der Waals surface area contributed by atoms with E-state index < -0.39 is 10.2 Å². The first-order chi connectivity index (χ1) is 9.86. The van der Waals surface area contributed by atoms with Crippen molar-refractivity contribution in [3.63, 3.8) is 0 Å². The van der Waals surface area contributed by atoms with Crippen LogP contribution in [0.15, 0.2) is 0 Å². The summed E-state index contributed by atoms with van der Waals surface area (Å²) in [6.45, 7) is 7.58. The van der Waals surface area contributed by atoms with E-state index in [2.05, 4.69) is 31.1 Å². The Morgan fingerprint density at radius 3 is 2.29 bits per heavy atom. The fourth-order valence-electron chi connectivity index (χ4n) is 3.40. The van der Waals surface area contributed by atoms with Gasteiger partial charge < -0.3 is 5.32 Å². The molecule has 2 aliphatic rings. The molecule has 124 valence electrons. The van der Waals surface area contributed by atoms with E-state index in [9.17, 15) is 8.42 Å². The van der Waals surface area contributed by atoms with Gasteiger partial charge in [0.05, 0.1) is 0 Å². The van der Waals surface area contributed by atoms with Crippen molar-refractivity contribution < 1.29 is 8.42 Å². The lowest BCUT2D eigenvalue weighted by Gasteiger charge is -2.44. The third kappa shape index (κ3) is 3.76. The van der Waals surface area contributed by atoms with Crippen molar-refractivity contribution in [1.29, 1.82) is 0 Å². The Morgan fingerprint density at radius 1 is 1.10 bits per heavy atom. The number of nitrogens with one attached hydrogen (secondary N) is 1. The largest absolute Gasteiger partial charge is 0.319 e. The zero-order valence-corrected chi connectivity index (χ0v) is 14.6. The first-order valence-electron chi connectivity index (χ1n) is 7.98. The van der Waals surface area contributed by atoms with Crippen molar-refractivity contribution in [1.82, 2.24) is 18.8 Å². The molecule has 21 heavy (non-hydrogen) atoms. The predicted molar refractivity (Wildman–Crippen MR) is 85.4 cm³/mol. The predicted octanol–water partition coefficient (Wildman–Crippen LogP) is 0.187. The van der Waals surface area contributed by atoms with Crippen LogP contribution in [0, 0.1) is 5.92 Å². The maximum atomic E-state index is 12.9. The van der Waals surface area contributed by atoms with Gasteiger partial charge in [0.1, 0.15) is 0 Å². The zero-order chi connectivity index (χ0) is 15.6. The van der Waals surface area contributed by atoms with Crippen molar-refractivity contribution in [3.05, 3.63) is 0 Å². The first-order valence-corrected chi connectivity index (χ1v) is 9.37. The van der Waals surface area contributed by atoms with Crippen LogP contribution in [0.25, 0.3) is 0 Å². The fourth-order valence-corrected chi connectivity index (χ4v) is 5.29. The summed E-state index contributed by atoms with van der Waals surface area (Å²) in [5, 5.41) is 3.17. The molecule has 0 saturated carbocycles. The van der Waals surface area contributed by atoms with Crippen LogP contribution in [0.1, 0.15) is 26.7 Å². The highest BCUT2D eigenvalue weighted by molar-refractivity contribution is 7.86. The van der Waals surface area contributed by atoms with Gasteiger partial charge in [0.2, 0.25) is 0 Å². The van der Waals surface area contributed by atoms with E-state index in [4.69, 9.17) is 0 Å². The summed E-state index contributed by atoms with van der Waals surface area (Å²) < 4.78 is 29.2. The SMILES string of the molecule is CNCC1CCCN(S(=O)(=O)N2CC(C)N(C)C(C)C2)C1. The average molecular weight is 318 g/mol. The maximum absolute atomic E-state index is 12.9. The number of hydrogen-bond acceptors (Lipinski definition) is 4. The minimum atomic E-state index is -3.31. The Bertz CT molecular complexity index is 428. The van der Waals surface area contributed by atoms with Crippen LogP contribution >= 0.6 is 0 Å². The third-order valence-corrected chi connectivity index (χ3v) is 6.89. The fraction of sp³-hybridized carbons (Fsp3) is 1.00. The average Bonchev–Trinajstić information content (AvgIpc) is 2.45. The number of piperidine rings is 1. The molecule has 0 amide bonds. The number of hydrogen-bond donors (Lipinski definition) is 1. The van der Waals surface area contributed by atoms with E-state index in [1.807, 2.05) is 7.05 Å². The molecule has 2 aliphatic heterocycles. The van der Waals surface area contributed by atoms with Gasteiger partial charge in [-0.1, -0.05) is 0 Å². The van der Waals surface area contributed by atoms with Gasteiger partial charge in [-0.25, -0.2) is 0 Å². The molecule has 0 aromatic rings. The summed E-state index contributed by atoms with van der Waals surface area (Å²) in [4.78, 5) is 2.26. The Labute approximate surface area is 129 Å². The molecule has 7 heteroatoms. The van der Waals surface area contributed by atoms with Gasteiger partial charge in [-0.3, -0.25) is 4.90 Å². The maximum Gasteiger partial charge on any atom is 0.282 e. The normalized spacial score (nSPS) is 34.2. The molecule has 0 aliphatic carbocycles. The number of piperazine rings is 1. The lowest BCUT2D eigenvalue weighted by molar-refractivity contribution is 0.0989. The second kappa shape index (κ2) is 6.91. The van der Waals surface area contributed by atoms with Crippen molar-refractivity contribution in [2.24, 2.45) is 5.92 Å². The Morgan fingerprint density at radius 2 is 1.71 bits per heavy atom. The second-order valence-electron chi connectivity index (χ2n) is 6.61. The molecular formula is C14H30N4O2S. The third-order valence-electron chi connectivity index (χ3n) is 4.95. The van der Waals surface area contributed by atoms with E-state index in [1.54, 1.807) is 8.61 Å². The van der Waals surface area contributed by atoms with Crippen LogP contribution in [0.2, 0.25) is 0 Å². The van der Waals surface area contributed by atoms with Gasteiger partial charge in [-0.15, -0.1) is 0 Å². The molecule has 1 N–H and O–H groups in total. The van der Waals surface area contributed by atoms with Gasteiger partial charge >= 0.3 is 0 Å². The second-order valence-corrected chi connectivity index (χ2v) is 8.54. The summed E-state index contributed by atoms with van der Waals surface area (Å²) in [6, 6.07) is 0.530. The van der Waals surface area contributed by atoms with Crippen LogP contribution in [-0.2, 0) is 10.2 Å². The molecule has 3 unspecified atom stereocenters. The summed E-state index contributed by atoms with van der Waals surface area (Å²) in [7, 11) is 0.687. The molecule has 0 bridgehead atoms. The van der Waals surface area contributed by atoms with Crippen molar-refractivity contribution in [2.75, 3.05) is 46.8 Å². The summed E-state index contributed by atoms with van der Waals surface area (Å²) >= 11 is 0. The van der Waals surface area contributed by atoms with Gasteiger partial charge in [-0.05, 0) is 53.2 Å². The van der Waals surface area contributed by atoms with E-state index in [0.717, 1.165) is 19.4 Å². The number of nitrogens with zero attached hydrogens (tertiary/aromatic N) is 3. The quantitative estimate of drug-likeness (QED) is 0.804. The van der Waals surface area contributed by atoms with Crippen LogP contribution < -0.4 is 5.32 Å². The van der Waals surface area contributed by atoms with E-state index in [1.165, 1.54) is 0 Å². The molecule has 0 aromatic carbocycles. The minimum absolute atomic E-state index is 0.265. The standard InChI is InChI=1S/C14H30N4O2S/c1-12-9-18(10-13(2)16(12)4)21(19,20)17-7-5-6-14(11-17)8-15-3/h12-15H,5-11H2,1-4H3. The Kier molecular flexibility index (Phi) is 5.65. The van der Waals surface area contributed by atoms with Gasteiger partial charge in [0.25, 0.3) is 10.2 Å². The van der Waals surface area contributed by atoms with Crippen molar-refractivity contribution in [3.8, 4) is 0 Å². The lowest BCUT2D eigenvalue weighted by atomic mass is 10.00. The first kappa shape index (κ1) is 17.1. The Hall–Kier alpha value is -0.210. The zero-order valence-electron chi connectivity index (χ0n) is 13.7. The van der Waals surface area contributed by atoms with E-state index in [0.29, 0.717) is 32.1 Å². The molecule has 2 saturated heterocycles. The molecule has 6 nitrogen and oxygen atoms in total. The molecule has 0 aromatic heterocycles. The highest BCUT2D eigenvalue weighted by atomic mass is 32.2. The molecular weight excluding hydrogens is 288 g/mol. The van der Waals surface area contributed by atoms with Crippen LogP contribution in [0.3, 0.4) is 0 Å². The summed E-state index contributed by atoms with van der Waals surface area (Å²) in [6.07, 6.45) is 2.08. The van der Waals surface area contributed by atoms with Gasteiger partial charge in [-0.2, -0.15) is 17.0 Å². The molecule has 2 heterocycles. The molecule has 2 rings (SSSR count). The van der Waals surface area contributed by atoms with Crippen LogP contribution in [0.5, 0.6) is 0 Å². The van der Waals surface area contributed by atoms with Crippen molar-refractivity contribution in [2.45, 2.75) is 38.8 Å². The van der Waals surface area contributed by atoms with Gasteiger partial charge in [0, 0.05) is 38.3 Å². The van der Waals surface area contributed by atoms with Crippen LogP contribution in [-0.4, -0.2) is 80.8 Å². The van der Waals surface area contributed by atoms with Gasteiger partial charge in [0.15, 0.2) is 0 Å². The lowest BCUT2D eigenvalue weighted by Crippen LogP contribution is -2.59. The van der Waals surface area contributed by atoms with E-state index in [-0.39, 0.29) is 12.1 Å². The monoisotopic (exact) mass is 318 g/mol. The van der Waals surface area contributed by atoms with E-state index >= 15 is 0 Å². The number of likely N-dealkylation sites (N-methyl/N-ethyl adjacent to an activating group) is 1. The minimum Gasteiger partial charge on any atom is -0.319 e. The highest BCUT2D eigenvalue weighted by Crippen LogP contribution is 2.24. The summed E-state index contributed by atoms with van der Waals surface area (Å²) in [5.41, 5.74) is 0.